The minimum atomic E-state index is -0.430. The van der Waals surface area contributed by atoms with Crippen molar-refractivity contribution in [3.63, 3.8) is 0 Å². The summed E-state index contributed by atoms with van der Waals surface area (Å²) >= 11 is 0. The topological polar surface area (TPSA) is 75.5 Å². The van der Waals surface area contributed by atoms with Gasteiger partial charge in [0.15, 0.2) is 0 Å². The molecule has 1 heterocycles. The van der Waals surface area contributed by atoms with Gasteiger partial charge in [-0.3, -0.25) is 14.9 Å². The zero-order valence-corrected chi connectivity index (χ0v) is 10.7. The van der Waals surface area contributed by atoms with Crippen LogP contribution in [0.3, 0.4) is 0 Å². The van der Waals surface area contributed by atoms with Crippen molar-refractivity contribution >= 4 is 17.3 Å². The van der Waals surface area contributed by atoms with E-state index in [0.29, 0.717) is 13.0 Å². The number of nitro groups is 1. The second-order valence-corrected chi connectivity index (χ2v) is 4.57. The van der Waals surface area contributed by atoms with Crippen molar-refractivity contribution in [1.29, 1.82) is 0 Å². The molecular weight excluding hydrogens is 246 g/mol. The lowest BCUT2D eigenvalue weighted by molar-refractivity contribution is -0.384. The van der Waals surface area contributed by atoms with E-state index in [9.17, 15) is 14.9 Å². The van der Waals surface area contributed by atoms with Gasteiger partial charge in [0.1, 0.15) is 0 Å². The monoisotopic (exact) mass is 263 g/mol. The van der Waals surface area contributed by atoms with Gasteiger partial charge >= 0.3 is 0 Å². The maximum atomic E-state index is 11.8. The Hall–Kier alpha value is -2.11. The van der Waals surface area contributed by atoms with Gasteiger partial charge < -0.3 is 10.2 Å². The molecule has 0 unspecified atom stereocenters. The molecule has 0 atom stereocenters. The Morgan fingerprint density at radius 2 is 1.89 bits per heavy atom. The highest BCUT2D eigenvalue weighted by molar-refractivity contribution is 5.77. The van der Waals surface area contributed by atoms with Crippen LogP contribution in [0.15, 0.2) is 24.3 Å². The van der Waals surface area contributed by atoms with Crippen LogP contribution in [0.1, 0.15) is 19.3 Å². The molecule has 102 valence electrons. The third-order valence-electron chi connectivity index (χ3n) is 3.20. The number of likely N-dealkylation sites (tertiary alicyclic amines) is 1. The number of amides is 1. The van der Waals surface area contributed by atoms with E-state index in [4.69, 9.17) is 0 Å². The molecule has 0 radical (unpaired) electrons. The van der Waals surface area contributed by atoms with Crippen LogP contribution in [0, 0.1) is 10.1 Å². The Labute approximate surface area is 111 Å². The molecule has 0 aromatic heterocycles. The molecule has 6 nitrogen and oxygen atoms in total. The van der Waals surface area contributed by atoms with Crippen LogP contribution in [0.2, 0.25) is 0 Å². The second kappa shape index (κ2) is 6.17. The van der Waals surface area contributed by atoms with Crippen molar-refractivity contribution in [3.05, 3.63) is 34.4 Å². The van der Waals surface area contributed by atoms with Crippen LogP contribution in [0.25, 0.3) is 0 Å². The number of nitrogens with zero attached hydrogens (tertiary/aromatic N) is 2. The number of benzene rings is 1. The lowest BCUT2D eigenvalue weighted by Gasteiger charge is -2.15. The number of hydrogen-bond donors (Lipinski definition) is 1. The summed E-state index contributed by atoms with van der Waals surface area (Å²) in [5.41, 5.74) is 0.860. The largest absolute Gasteiger partial charge is 0.385 e. The minimum absolute atomic E-state index is 0.0682. The maximum absolute atomic E-state index is 11.8. The molecule has 1 aromatic carbocycles. The van der Waals surface area contributed by atoms with Crippen molar-refractivity contribution in [3.8, 4) is 0 Å². The first-order chi connectivity index (χ1) is 9.16. The zero-order chi connectivity index (χ0) is 13.7. The fraction of sp³-hybridized carbons (Fsp3) is 0.462. The number of carbonyl (C=O) groups is 1. The first-order valence-electron chi connectivity index (χ1n) is 6.43. The highest BCUT2D eigenvalue weighted by atomic mass is 16.6. The maximum Gasteiger partial charge on any atom is 0.269 e. The number of non-ortho nitro benzene ring substituents is 1. The molecule has 0 bridgehead atoms. The van der Waals surface area contributed by atoms with Crippen LogP contribution >= 0.6 is 0 Å². The Balaban J connectivity index is 1.75. The normalized spacial score (nSPS) is 14.4. The summed E-state index contributed by atoms with van der Waals surface area (Å²) in [5.74, 6) is 0.173. The Kier molecular flexibility index (Phi) is 4.33. The molecule has 1 aliphatic heterocycles. The minimum Gasteiger partial charge on any atom is -0.385 e. The molecular formula is C13H17N3O3. The fourth-order valence-corrected chi connectivity index (χ4v) is 2.14. The van der Waals surface area contributed by atoms with Crippen molar-refractivity contribution in [2.24, 2.45) is 0 Å². The van der Waals surface area contributed by atoms with Crippen LogP contribution in [0.5, 0.6) is 0 Å². The standard InChI is InChI=1S/C13H17N3O3/c17-13(15-9-1-2-10-15)7-8-14-11-3-5-12(6-4-11)16(18)19/h3-6,14H,1-2,7-10H2. The Morgan fingerprint density at radius 3 is 2.47 bits per heavy atom. The summed E-state index contributed by atoms with van der Waals surface area (Å²) in [5, 5.41) is 13.6. The zero-order valence-electron chi connectivity index (χ0n) is 10.7. The average Bonchev–Trinajstić information content (AvgIpc) is 2.93. The molecule has 0 saturated carbocycles. The number of nitrogens with one attached hydrogen (secondary N) is 1. The molecule has 1 aromatic rings. The predicted octanol–water partition coefficient (Wildman–Crippen LogP) is 2.02. The summed E-state index contributed by atoms with van der Waals surface area (Å²) in [7, 11) is 0. The van der Waals surface area contributed by atoms with E-state index < -0.39 is 4.92 Å². The van der Waals surface area contributed by atoms with Gasteiger partial charge in [0.2, 0.25) is 5.91 Å². The molecule has 19 heavy (non-hydrogen) atoms. The van der Waals surface area contributed by atoms with E-state index in [1.54, 1.807) is 12.1 Å². The summed E-state index contributed by atoms with van der Waals surface area (Å²) in [6.45, 7) is 2.29. The second-order valence-electron chi connectivity index (χ2n) is 4.57. The molecule has 1 fully saturated rings. The summed E-state index contributed by atoms with van der Waals surface area (Å²) in [4.78, 5) is 23.7. The third kappa shape index (κ3) is 3.67. The lowest BCUT2D eigenvalue weighted by atomic mass is 10.2. The summed E-state index contributed by atoms with van der Waals surface area (Å²) in [6.07, 6.45) is 2.65. The van der Waals surface area contributed by atoms with E-state index in [1.165, 1.54) is 12.1 Å². The quantitative estimate of drug-likeness (QED) is 0.651. The van der Waals surface area contributed by atoms with Gasteiger partial charge in [-0.25, -0.2) is 0 Å². The van der Waals surface area contributed by atoms with Crippen LogP contribution in [-0.4, -0.2) is 35.4 Å². The third-order valence-corrected chi connectivity index (χ3v) is 3.20. The van der Waals surface area contributed by atoms with E-state index in [-0.39, 0.29) is 11.6 Å². The predicted molar refractivity (Wildman–Crippen MR) is 72.0 cm³/mol. The van der Waals surface area contributed by atoms with Crippen LogP contribution in [-0.2, 0) is 4.79 Å². The summed E-state index contributed by atoms with van der Waals surface area (Å²) in [6, 6.07) is 6.20. The van der Waals surface area contributed by atoms with Crippen molar-refractivity contribution in [2.75, 3.05) is 25.0 Å². The average molecular weight is 263 g/mol. The number of hydrogen-bond acceptors (Lipinski definition) is 4. The highest BCUT2D eigenvalue weighted by Crippen LogP contribution is 2.15. The molecule has 1 saturated heterocycles. The molecule has 1 N–H and O–H groups in total. The first-order valence-corrected chi connectivity index (χ1v) is 6.43. The van der Waals surface area contributed by atoms with E-state index in [0.717, 1.165) is 31.6 Å². The van der Waals surface area contributed by atoms with Gasteiger partial charge in [0.05, 0.1) is 4.92 Å². The molecule has 0 aliphatic carbocycles. The van der Waals surface area contributed by atoms with Gasteiger partial charge in [-0.15, -0.1) is 0 Å². The lowest BCUT2D eigenvalue weighted by Crippen LogP contribution is -2.29. The summed E-state index contributed by atoms with van der Waals surface area (Å²) < 4.78 is 0. The van der Waals surface area contributed by atoms with Crippen molar-refractivity contribution < 1.29 is 9.72 Å². The van der Waals surface area contributed by atoms with Gasteiger partial charge in [0, 0.05) is 43.9 Å². The number of rotatable bonds is 5. The Bertz CT molecular complexity index is 453. The molecule has 1 aliphatic rings. The fourth-order valence-electron chi connectivity index (χ4n) is 2.14. The number of nitro benzene ring substituents is 1. The van der Waals surface area contributed by atoms with Gasteiger partial charge in [-0.2, -0.15) is 0 Å². The van der Waals surface area contributed by atoms with Gasteiger partial charge in [0.25, 0.3) is 5.69 Å². The smallest absolute Gasteiger partial charge is 0.269 e. The highest BCUT2D eigenvalue weighted by Gasteiger charge is 2.16. The molecule has 1 amide bonds. The molecule has 6 heteroatoms. The van der Waals surface area contributed by atoms with E-state index in [2.05, 4.69) is 5.32 Å². The SMILES string of the molecule is O=C(CCNc1ccc([N+](=O)[O-])cc1)N1CCCC1. The van der Waals surface area contributed by atoms with E-state index >= 15 is 0 Å². The molecule has 2 rings (SSSR count). The van der Waals surface area contributed by atoms with Gasteiger partial charge in [-0.05, 0) is 25.0 Å². The van der Waals surface area contributed by atoms with Crippen LogP contribution in [0.4, 0.5) is 11.4 Å². The Morgan fingerprint density at radius 1 is 1.26 bits per heavy atom. The number of carbonyl (C=O) groups excluding carboxylic acids is 1. The van der Waals surface area contributed by atoms with Crippen molar-refractivity contribution in [1.82, 2.24) is 4.90 Å². The van der Waals surface area contributed by atoms with Gasteiger partial charge in [-0.1, -0.05) is 0 Å². The molecule has 0 spiro atoms. The number of anilines is 1. The van der Waals surface area contributed by atoms with Crippen molar-refractivity contribution in [2.45, 2.75) is 19.3 Å². The van der Waals surface area contributed by atoms with Crippen LogP contribution < -0.4 is 5.32 Å². The first kappa shape index (κ1) is 13.3. The van der Waals surface area contributed by atoms with E-state index in [1.807, 2.05) is 4.90 Å².